The zero-order valence-electron chi connectivity index (χ0n) is 15.1. The van der Waals surface area contributed by atoms with Crippen LogP contribution in [0.4, 0.5) is 0 Å². The molecule has 0 aliphatic heterocycles. The summed E-state index contributed by atoms with van der Waals surface area (Å²) >= 11 is 0. The van der Waals surface area contributed by atoms with Gasteiger partial charge in [-0.2, -0.15) is 0 Å². The molecule has 0 radical (unpaired) electrons. The standard InChI is InChI=1S/C19H27NO5/c1-4-9-25-16-8-7-13(11-17(16)24-3)12(2)20-18(21)14-5-6-15(10-14)19(22)23/h7-8,11-12,14-15H,4-6,9-10H2,1-3H3,(H,20,21)(H,22,23)/t12?,14-,15+/m1/s1. The molecule has 1 saturated carbocycles. The van der Waals surface area contributed by atoms with Crippen LogP contribution in [0.5, 0.6) is 11.5 Å². The SMILES string of the molecule is CCCOc1ccc(C(C)NC(=O)[C@@H]2CC[C@H](C(=O)O)C2)cc1OC. The van der Waals surface area contributed by atoms with Gasteiger partial charge in [0.05, 0.1) is 25.7 Å². The normalized spacial score (nSPS) is 20.8. The van der Waals surface area contributed by atoms with E-state index < -0.39 is 11.9 Å². The Bertz CT molecular complexity index is 616. The van der Waals surface area contributed by atoms with E-state index in [9.17, 15) is 9.59 Å². The number of carbonyl (C=O) groups excluding carboxylic acids is 1. The number of hydrogen-bond acceptors (Lipinski definition) is 4. The van der Waals surface area contributed by atoms with E-state index in [2.05, 4.69) is 5.32 Å². The van der Waals surface area contributed by atoms with Crippen LogP contribution in [0.25, 0.3) is 0 Å². The molecule has 0 saturated heterocycles. The van der Waals surface area contributed by atoms with E-state index >= 15 is 0 Å². The number of carboxylic acids is 1. The number of rotatable bonds is 8. The average molecular weight is 349 g/mol. The van der Waals surface area contributed by atoms with Gasteiger partial charge in [0.25, 0.3) is 0 Å². The van der Waals surface area contributed by atoms with Gasteiger partial charge in [0.2, 0.25) is 5.91 Å². The minimum Gasteiger partial charge on any atom is -0.493 e. The van der Waals surface area contributed by atoms with E-state index in [-0.39, 0.29) is 17.9 Å². The number of nitrogens with one attached hydrogen (secondary N) is 1. The number of carboxylic acid groups (broad SMARTS) is 1. The van der Waals surface area contributed by atoms with Gasteiger partial charge in [-0.05, 0) is 50.3 Å². The van der Waals surface area contributed by atoms with Crippen LogP contribution in [0.15, 0.2) is 18.2 Å². The number of ether oxygens (including phenoxy) is 2. The summed E-state index contributed by atoms with van der Waals surface area (Å²) in [6.45, 7) is 4.56. The quantitative estimate of drug-likeness (QED) is 0.753. The van der Waals surface area contributed by atoms with Crippen LogP contribution in [0, 0.1) is 11.8 Å². The van der Waals surface area contributed by atoms with Gasteiger partial charge in [-0.15, -0.1) is 0 Å². The van der Waals surface area contributed by atoms with Crippen molar-refractivity contribution >= 4 is 11.9 Å². The summed E-state index contributed by atoms with van der Waals surface area (Å²) in [5.41, 5.74) is 0.918. The lowest BCUT2D eigenvalue weighted by atomic mass is 10.0. The molecule has 2 rings (SSSR count). The van der Waals surface area contributed by atoms with Crippen LogP contribution >= 0.6 is 0 Å². The molecule has 138 valence electrons. The second-order valence-corrected chi connectivity index (χ2v) is 6.53. The first kappa shape index (κ1) is 19.1. The summed E-state index contributed by atoms with van der Waals surface area (Å²) in [4.78, 5) is 23.4. The van der Waals surface area contributed by atoms with Crippen molar-refractivity contribution in [2.45, 2.75) is 45.6 Å². The highest BCUT2D eigenvalue weighted by Crippen LogP contribution is 2.33. The maximum Gasteiger partial charge on any atom is 0.306 e. The molecule has 6 nitrogen and oxygen atoms in total. The predicted molar refractivity (Wildman–Crippen MR) is 93.8 cm³/mol. The van der Waals surface area contributed by atoms with E-state index in [1.165, 1.54) is 0 Å². The predicted octanol–water partition coefficient (Wildman–Crippen LogP) is 3.16. The molecule has 25 heavy (non-hydrogen) atoms. The van der Waals surface area contributed by atoms with Gasteiger partial charge in [-0.3, -0.25) is 9.59 Å². The Morgan fingerprint density at radius 1 is 1.28 bits per heavy atom. The third kappa shape index (κ3) is 4.87. The van der Waals surface area contributed by atoms with Gasteiger partial charge in [-0.1, -0.05) is 13.0 Å². The lowest BCUT2D eigenvalue weighted by molar-refractivity contribution is -0.141. The second-order valence-electron chi connectivity index (χ2n) is 6.53. The molecule has 1 fully saturated rings. The van der Waals surface area contributed by atoms with Gasteiger partial charge in [0, 0.05) is 5.92 Å². The van der Waals surface area contributed by atoms with Gasteiger partial charge < -0.3 is 19.9 Å². The molecule has 0 bridgehead atoms. The molecule has 0 aromatic heterocycles. The van der Waals surface area contributed by atoms with Crippen molar-refractivity contribution in [2.24, 2.45) is 11.8 Å². The second kappa shape index (κ2) is 8.74. The molecule has 0 heterocycles. The first-order chi connectivity index (χ1) is 12.0. The van der Waals surface area contributed by atoms with Crippen LogP contribution in [-0.4, -0.2) is 30.7 Å². The number of amides is 1. The molecule has 1 aliphatic rings. The van der Waals surface area contributed by atoms with Crippen molar-refractivity contribution in [1.29, 1.82) is 0 Å². The van der Waals surface area contributed by atoms with Crippen molar-refractivity contribution in [3.63, 3.8) is 0 Å². The highest BCUT2D eigenvalue weighted by molar-refractivity contribution is 5.81. The third-order valence-corrected chi connectivity index (χ3v) is 4.66. The molecule has 0 spiro atoms. The van der Waals surface area contributed by atoms with Crippen molar-refractivity contribution in [3.05, 3.63) is 23.8 Å². The Balaban J connectivity index is 1.99. The zero-order chi connectivity index (χ0) is 18.4. The first-order valence-electron chi connectivity index (χ1n) is 8.80. The fourth-order valence-corrected chi connectivity index (χ4v) is 3.14. The van der Waals surface area contributed by atoms with Gasteiger partial charge in [-0.25, -0.2) is 0 Å². The minimum absolute atomic E-state index is 0.0819. The van der Waals surface area contributed by atoms with E-state index in [0.717, 1.165) is 12.0 Å². The summed E-state index contributed by atoms with van der Waals surface area (Å²) in [6, 6.07) is 5.44. The Morgan fingerprint density at radius 3 is 2.60 bits per heavy atom. The summed E-state index contributed by atoms with van der Waals surface area (Å²) in [7, 11) is 1.59. The lowest BCUT2D eigenvalue weighted by Gasteiger charge is -2.19. The third-order valence-electron chi connectivity index (χ3n) is 4.66. The molecule has 1 unspecified atom stereocenters. The fraction of sp³-hybridized carbons (Fsp3) is 0.579. The highest BCUT2D eigenvalue weighted by atomic mass is 16.5. The Kier molecular flexibility index (Phi) is 6.67. The Labute approximate surface area is 148 Å². The van der Waals surface area contributed by atoms with E-state index in [1.54, 1.807) is 7.11 Å². The minimum atomic E-state index is -0.809. The van der Waals surface area contributed by atoms with Crippen molar-refractivity contribution in [3.8, 4) is 11.5 Å². The number of carbonyl (C=O) groups is 2. The molecule has 2 N–H and O–H groups in total. The maximum atomic E-state index is 12.4. The molecular formula is C19H27NO5. The van der Waals surface area contributed by atoms with Crippen molar-refractivity contribution in [2.75, 3.05) is 13.7 Å². The van der Waals surface area contributed by atoms with Crippen LogP contribution in [0.1, 0.15) is 51.1 Å². The van der Waals surface area contributed by atoms with E-state index in [0.29, 0.717) is 37.4 Å². The largest absolute Gasteiger partial charge is 0.493 e. The highest BCUT2D eigenvalue weighted by Gasteiger charge is 2.34. The van der Waals surface area contributed by atoms with Crippen LogP contribution in [-0.2, 0) is 9.59 Å². The van der Waals surface area contributed by atoms with Crippen molar-refractivity contribution in [1.82, 2.24) is 5.32 Å². The molecule has 1 aromatic rings. The number of benzene rings is 1. The van der Waals surface area contributed by atoms with Gasteiger partial charge in [0.15, 0.2) is 11.5 Å². The molecule has 1 aliphatic carbocycles. The van der Waals surface area contributed by atoms with Crippen LogP contribution in [0.2, 0.25) is 0 Å². The lowest BCUT2D eigenvalue weighted by Crippen LogP contribution is -2.32. The summed E-state index contributed by atoms with van der Waals surface area (Å²) in [5.74, 6) is -0.193. The van der Waals surface area contributed by atoms with Crippen LogP contribution in [0.3, 0.4) is 0 Å². The zero-order valence-corrected chi connectivity index (χ0v) is 15.1. The van der Waals surface area contributed by atoms with Gasteiger partial charge >= 0.3 is 5.97 Å². The summed E-state index contributed by atoms with van der Waals surface area (Å²) < 4.78 is 11.0. The summed E-state index contributed by atoms with van der Waals surface area (Å²) in [5, 5.41) is 12.0. The van der Waals surface area contributed by atoms with E-state index in [1.807, 2.05) is 32.0 Å². The van der Waals surface area contributed by atoms with Gasteiger partial charge in [0.1, 0.15) is 0 Å². The fourth-order valence-electron chi connectivity index (χ4n) is 3.14. The monoisotopic (exact) mass is 349 g/mol. The van der Waals surface area contributed by atoms with E-state index in [4.69, 9.17) is 14.6 Å². The molecule has 1 aromatic carbocycles. The maximum absolute atomic E-state index is 12.4. The molecule has 6 heteroatoms. The number of hydrogen-bond donors (Lipinski definition) is 2. The number of aliphatic carboxylic acids is 1. The van der Waals surface area contributed by atoms with Crippen LogP contribution < -0.4 is 14.8 Å². The summed E-state index contributed by atoms with van der Waals surface area (Å²) in [6.07, 6.45) is 2.53. The molecule has 3 atom stereocenters. The topological polar surface area (TPSA) is 84.9 Å². The Hall–Kier alpha value is -2.24. The average Bonchev–Trinajstić information content (AvgIpc) is 3.10. The Morgan fingerprint density at radius 2 is 2.00 bits per heavy atom. The smallest absolute Gasteiger partial charge is 0.306 e. The molecule has 1 amide bonds. The van der Waals surface area contributed by atoms with Crippen molar-refractivity contribution < 1.29 is 24.2 Å². The first-order valence-corrected chi connectivity index (χ1v) is 8.80. The number of methoxy groups -OCH3 is 1. The molecular weight excluding hydrogens is 322 g/mol.